The van der Waals surface area contributed by atoms with Gasteiger partial charge in [-0.1, -0.05) is 52.8 Å². The lowest BCUT2D eigenvalue weighted by molar-refractivity contribution is -0.112. The lowest BCUT2D eigenvalue weighted by Crippen LogP contribution is -2.13. The monoisotopic (exact) mass is 532 g/mol. The molecule has 0 aliphatic carbocycles. The van der Waals surface area contributed by atoms with E-state index < -0.39 is 15.7 Å². The first kappa shape index (κ1) is 26.2. The average Bonchev–Trinajstić information content (AvgIpc) is 3.26. The van der Waals surface area contributed by atoms with Gasteiger partial charge in [0.25, 0.3) is 5.91 Å². The molecule has 3 aromatic rings. The third-order valence-corrected chi connectivity index (χ3v) is 7.21. The zero-order valence-corrected chi connectivity index (χ0v) is 21.4. The molecule has 0 saturated carbocycles. The van der Waals surface area contributed by atoms with Crippen LogP contribution in [0.25, 0.3) is 6.08 Å². The summed E-state index contributed by atoms with van der Waals surface area (Å²) < 4.78 is 34.4. The molecule has 1 aromatic heterocycles. The van der Waals surface area contributed by atoms with Gasteiger partial charge < -0.3 is 9.47 Å². The van der Waals surface area contributed by atoms with E-state index in [4.69, 9.17) is 21.1 Å². The van der Waals surface area contributed by atoms with E-state index in [2.05, 4.69) is 15.5 Å². The van der Waals surface area contributed by atoms with Gasteiger partial charge in [0.2, 0.25) is 19.3 Å². The molecule has 0 saturated heterocycles. The molecule has 2 aromatic carbocycles. The summed E-state index contributed by atoms with van der Waals surface area (Å²) in [5.41, 5.74) is 2.24. The maximum atomic E-state index is 12.6. The number of sulfone groups is 1. The van der Waals surface area contributed by atoms with Gasteiger partial charge in [0.1, 0.15) is 18.2 Å². The van der Waals surface area contributed by atoms with E-state index >= 15 is 0 Å². The van der Waals surface area contributed by atoms with Crippen LogP contribution in [0.1, 0.15) is 23.6 Å². The van der Waals surface area contributed by atoms with Crippen molar-refractivity contribution < 1.29 is 22.7 Å². The zero-order valence-electron chi connectivity index (χ0n) is 19.0. The summed E-state index contributed by atoms with van der Waals surface area (Å²) in [6.07, 6.45) is 2.31. The highest BCUT2D eigenvalue weighted by atomic mass is 35.5. The minimum absolute atomic E-state index is 0.0514. The molecular formula is C23H21ClN4O5S2. The van der Waals surface area contributed by atoms with Gasteiger partial charge in [-0.15, -0.1) is 10.2 Å². The fourth-order valence-electron chi connectivity index (χ4n) is 2.92. The van der Waals surface area contributed by atoms with E-state index in [-0.39, 0.29) is 26.7 Å². The number of ether oxygens (including phenoxy) is 2. The summed E-state index contributed by atoms with van der Waals surface area (Å²) in [6.45, 7) is 4.42. The summed E-state index contributed by atoms with van der Waals surface area (Å²) in [4.78, 5) is 12.6. The number of nitrogens with zero attached hydrogens (tertiary/aromatic N) is 3. The Labute approximate surface area is 211 Å². The van der Waals surface area contributed by atoms with Crippen molar-refractivity contribution in [2.75, 3.05) is 18.2 Å². The van der Waals surface area contributed by atoms with Crippen LogP contribution in [0.3, 0.4) is 0 Å². The summed E-state index contributed by atoms with van der Waals surface area (Å²) in [7, 11) is -3.56. The number of carbonyl (C=O) groups excluding carboxylic acids is 1. The van der Waals surface area contributed by atoms with Crippen LogP contribution in [0.5, 0.6) is 11.5 Å². The smallest absolute Gasteiger partial charge is 0.268 e. The van der Waals surface area contributed by atoms with Crippen molar-refractivity contribution in [3.05, 3.63) is 63.7 Å². The molecule has 1 heterocycles. The molecule has 1 N–H and O–H groups in total. The Kier molecular flexibility index (Phi) is 8.45. The zero-order chi connectivity index (χ0) is 25.6. The highest BCUT2D eigenvalue weighted by Gasteiger charge is 2.18. The Morgan fingerprint density at radius 3 is 2.66 bits per heavy atom. The predicted octanol–water partition coefficient (Wildman–Crippen LogP) is 4.43. The highest BCUT2D eigenvalue weighted by Crippen LogP contribution is 2.38. The van der Waals surface area contributed by atoms with Crippen LogP contribution < -0.4 is 14.8 Å². The number of benzene rings is 2. The van der Waals surface area contributed by atoms with Crippen LogP contribution in [0.15, 0.2) is 46.3 Å². The molecule has 9 nitrogen and oxygen atoms in total. The van der Waals surface area contributed by atoms with Crippen LogP contribution in [0, 0.1) is 18.3 Å². The number of halogens is 1. The number of carbonyl (C=O) groups is 1. The Bertz CT molecular complexity index is 1430. The van der Waals surface area contributed by atoms with E-state index in [9.17, 15) is 18.5 Å². The summed E-state index contributed by atoms with van der Waals surface area (Å²) in [5.74, 6) is -0.0756. The fourth-order valence-corrected chi connectivity index (χ4v) is 4.70. The minimum atomic E-state index is -3.56. The van der Waals surface area contributed by atoms with Gasteiger partial charge in [-0.3, -0.25) is 10.1 Å². The van der Waals surface area contributed by atoms with Crippen molar-refractivity contribution in [2.45, 2.75) is 24.8 Å². The van der Waals surface area contributed by atoms with Gasteiger partial charge in [-0.05, 0) is 43.2 Å². The number of hydrogen-bond donors (Lipinski definition) is 1. The van der Waals surface area contributed by atoms with Crippen molar-refractivity contribution in [2.24, 2.45) is 0 Å². The molecular weight excluding hydrogens is 512 g/mol. The predicted molar refractivity (Wildman–Crippen MR) is 133 cm³/mol. The quantitative estimate of drug-likeness (QED) is 0.243. The van der Waals surface area contributed by atoms with Gasteiger partial charge in [0.05, 0.1) is 11.6 Å². The molecule has 0 fully saturated rings. The molecule has 0 aliphatic heterocycles. The van der Waals surface area contributed by atoms with Crippen molar-refractivity contribution in [3.8, 4) is 17.6 Å². The molecule has 12 heteroatoms. The Hall–Kier alpha value is -3.46. The van der Waals surface area contributed by atoms with Gasteiger partial charge >= 0.3 is 0 Å². The molecule has 182 valence electrons. The Morgan fingerprint density at radius 1 is 1.26 bits per heavy atom. The van der Waals surface area contributed by atoms with E-state index in [0.29, 0.717) is 35.0 Å². The SMILES string of the molecule is CCOc1cc(C=C(C#N)C(=O)Nc2nnc(S(C)(=O)=O)s2)cc(Cl)c1OCc1cccc(C)c1. The second-order valence-corrected chi connectivity index (χ2v) is 10.9. The number of hydrogen-bond acceptors (Lipinski definition) is 9. The second kappa shape index (κ2) is 11.3. The van der Waals surface area contributed by atoms with E-state index in [1.165, 1.54) is 6.08 Å². The highest BCUT2D eigenvalue weighted by molar-refractivity contribution is 7.92. The maximum Gasteiger partial charge on any atom is 0.268 e. The summed E-state index contributed by atoms with van der Waals surface area (Å²) >= 11 is 7.14. The van der Waals surface area contributed by atoms with Gasteiger partial charge in [-0.25, -0.2) is 8.42 Å². The molecule has 1 amide bonds. The average molecular weight is 533 g/mol. The number of nitrogens with one attached hydrogen (secondary N) is 1. The number of aryl methyl sites for hydroxylation is 1. The molecule has 3 rings (SSSR count). The first-order valence-corrected chi connectivity index (χ1v) is 13.3. The standard InChI is InChI=1S/C23H21ClN4O5S2/c1-4-32-19-11-16(10-18(24)20(19)33-13-15-7-5-6-14(2)8-15)9-17(12-25)21(29)26-22-27-28-23(34-22)35(3,30)31/h5-11H,4,13H2,1-3H3,(H,26,27,29). The van der Waals surface area contributed by atoms with Crippen LogP contribution in [-0.2, 0) is 21.2 Å². The van der Waals surface area contributed by atoms with Crippen LogP contribution in [0.2, 0.25) is 5.02 Å². The largest absolute Gasteiger partial charge is 0.490 e. The van der Waals surface area contributed by atoms with Crippen LogP contribution in [-0.4, -0.2) is 37.4 Å². The van der Waals surface area contributed by atoms with Crippen molar-refractivity contribution in [3.63, 3.8) is 0 Å². The first-order chi connectivity index (χ1) is 16.6. The molecule has 0 bridgehead atoms. The van der Waals surface area contributed by atoms with Gasteiger partial charge in [0, 0.05) is 6.26 Å². The molecule has 0 unspecified atom stereocenters. The van der Waals surface area contributed by atoms with E-state index in [1.54, 1.807) is 12.1 Å². The topological polar surface area (TPSA) is 131 Å². The molecule has 0 radical (unpaired) electrons. The minimum Gasteiger partial charge on any atom is -0.490 e. The van der Waals surface area contributed by atoms with Gasteiger partial charge in [-0.2, -0.15) is 5.26 Å². The van der Waals surface area contributed by atoms with Crippen molar-refractivity contribution in [1.29, 1.82) is 5.26 Å². The molecule has 0 spiro atoms. The Balaban J connectivity index is 1.84. The normalized spacial score (nSPS) is 11.6. The van der Waals surface area contributed by atoms with Crippen LogP contribution in [0.4, 0.5) is 5.13 Å². The van der Waals surface area contributed by atoms with Crippen LogP contribution >= 0.6 is 22.9 Å². The Morgan fingerprint density at radius 2 is 2.03 bits per heavy atom. The fraction of sp³-hybridized carbons (Fsp3) is 0.217. The number of nitriles is 1. The van der Waals surface area contributed by atoms with Gasteiger partial charge in [0.15, 0.2) is 11.5 Å². The summed E-state index contributed by atoms with van der Waals surface area (Å²) in [5, 5.41) is 19.2. The van der Waals surface area contributed by atoms with Crippen molar-refractivity contribution >= 4 is 49.9 Å². The van der Waals surface area contributed by atoms with E-state index in [1.807, 2.05) is 44.2 Å². The van der Waals surface area contributed by atoms with E-state index in [0.717, 1.165) is 17.4 Å². The number of amides is 1. The van der Waals surface area contributed by atoms with Crippen molar-refractivity contribution in [1.82, 2.24) is 10.2 Å². The number of aromatic nitrogens is 2. The number of rotatable bonds is 9. The lowest BCUT2D eigenvalue weighted by Gasteiger charge is -2.15. The number of anilines is 1. The third-order valence-electron chi connectivity index (χ3n) is 4.42. The summed E-state index contributed by atoms with van der Waals surface area (Å²) in [6, 6.07) is 12.8. The second-order valence-electron chi connectivity index (χ2n) is 7.31. The maximum absolute atomic E-state index is 12.6. The molecule has 35 heavy (non-hydrogen) atoms. The molecule has 0 aliphatic rings. The first-order valence-electron chi connectivity index (χ1n) is 10.2. The lowest BCUT2D eigenvalue weighted by atomic mass is 10.1. The third kappa shape index (κ3) is 7.02. The molecule has 0 atom stereocenters.